The lowest BCUT2D eigenvalue weighted by Gasteiger charge is -2.23. The van der Waals surface area contributed by atoms with E-state index in [-0.39, 0.29) is 18.1 Å². The van der Waals surface area contributed by atoms with Gasteiger partial charge >= 0.3 is 18.0 Å². The molecule has 2 heterocycles. The van der Waals surface area contributed by atoms with Crippen molar-refractivity contribution in [3.05, 3.63) is 54.1 Å². The van der Waals surface area contributed by atoms with Crippen LogP contribution >= 0.6 is 0 Å². The zero-order valence-electron chi connectivity index (χ0n) is 19.9. The molecule has 35 heavy (non-hydrogen) atoms. The first-order valence-corrected chi connectivity index (χ1v) is 11.8. The number of likely N-dealkylation sites (tertiary alicyclic amines) is 1. The Morgan fingerprint density at radius 1 is 1.17 bits per heavy atom. The number of amides is 2. The van der Waals surface area contributed by atoms with E-state index in [0.717, 1.165) is 12.0 Å². The predicted molar refractivity (Wildman–Crippen MR) is 138 cm³/mol. The summed E-state index contributed by atoms with van der Waals surface area (Å²) in [6.07, 6.45) is 3.64. The van der Waals surface area contributed by atoms with E-state index >= 15 is 0 Å². The number of hydrogen-bond donors (Lipinski definition) is 3. The predicted octanol–water partition coefficient (Wildman–Crippen LogP) is 3.60. The Bertz CT molecular complexity index is 1180. The maximum Gasteiger partial charge on any atom is 0.483 e. The standard InChI is InChI=1S/C26H29N5O4/c1-3-17(2)35-23-15-19(9-10-21(23)30-26(34)28-20-7-5-4-6-8-20)22-16-27-25(29-22)31-13-11-18(12-14-31)24(32)33/h4-10,15-18H,3,11-14H2,1-2H3,(H2,28,32,33,34)/p+1. The largest absolute Gasteiger partial charge is 0.489 e. The van der Waals surface area contributed by atoms with Gasteiger partial charge in [-0.15, -0.1) is 0 Å². The Kier molecular flexibility index (Phi) is 7.48. The number of anilines is 2. The minimum absolute atomic E-state index is 0.0418. The topological polar surface area (TPSA) is 117 Å². The van der Waals surface area contributed by atoms with Gasteiger partial charge in [0.2, 0.25) is 5.71 Å². The fraction of sp³-hybridized carbons (Fsp3) is 0.346. The van der Waals surface area contributed by atoms with Crippen molar-refractivity contribution in [1.82, 2.24) is 9.57 Å². The first kappa shape index (κ1) is 24.0. The molecule has 0 bridgehead atoms. The number of piperidine rings is 1. The summed E-state index contributed by atoms with van der Waals surface area (Å²) in [5.41, 5.74) is 2.75. The fourth-order valence-corrected chi connectivity index (χ4v) is 3.89. The van der Waals surface area contributed by atoms with Crippen LogP contribution in [-0.4, -0.2) is 59.1 Å². The molecule has 9 heteroatoms. The fourth-order valence-electron chi connectivity index (χ4n) is 3.89. The molecule has 0 spiro atoms. The van der Waals surface area contributed by atoms with E-state index in [1.165, 1.54) is 0 Å². The number of carboxylic acid groups (broad SMARTS) is 1. The van der Waals surface area contributed by atoms with E-state index < -0.39 is 5.97 Å². The van der Waals surface area contributed by atoms with Crippen LogP contribution in [-0.2, 0) is 4.79 Å². The Balaban J connectivity index is 1.53. The van der Waals surface area contributed by atoms with E-state index in [2.05, 4.69) is 20.3 Å². The van der Waals surface area contributed by atoms with Gasteiger partial charge in [0.05, 0.1) is 30.8 Å². The van der Waals surface area contributed by atoms with Gasteiger partial charge in [0, 0.05) is 11.3 Å². The molecule has 1 atom stereocenters. The number of urea groups is 1. The summed E-state index contributed by atoms with van der Waals surface area (Å²) in [7, 11) is 0. The number of hydrogen-bond acceptors (Lipinski definition) is 5. The van der Waals surface area contributed by atoms with Crippen LogP contribution < -0.4 is 20.0 Å². The lowest BCUT2D eigenvalue weighted by atomic mass is 9.97. The highest BCUT2D eigenvalue weighted by Gasteiger charge is 2.33. The average Bonchev–Trinajstić information content (AvgIpc) is 3.36. The van der Waals surface area contributed by atoms with Crippen molar-refractivity contribution in [2.45, 2.75) is 39.2 Å². The third-order valence-electron chi connectivity index (χ3n) is 6.11. The van der Waals surface area contributed by atoms with Crippen LogP contribution in [0, 0.1) is 5.92 Å². The highest BCUT2D eigenvalue weighted by Crippen LogP contribution is 2.28. The van der Waals surface area contributed by atoms with Crippen molar-refractivity contribution >= 4 is 41.3 Å². The maximum atomic E-state index is 12.5. The lowest BCUT2D eigenvalue weighted by molar-refractivity contribution is -0.143. The summed E-state index contributed by atoms with van der Waals surface area (Å²) in [4.78, 5) is 30.2. The average molecular weight is 477 g/mol. The van der Waals surface area contributed by atoms with Gasteiger partial charge in [-0.1, -0.05) is 30.1 Å². The van der Waals surface area contributed by atoms with E-state index in [9.17, 15) is 14.7 Å². The molecule has 2 aliphatic heterocycles. The van der Waals surface area contributed by atoms with Gasteiger partial charge in [-0.3, -0.25) is 4.79 Å². The molecular formula is C26H30N5O4+. The summed E-state index contributed by atoms with van der Waals surface area (Å²) < 4.78 is 10.8. The van der Waals surface area contributed by atoms with Crippen LogP contribution in [0.3, 0.4) is 0 Å². The van der Waals surface area contributed by atoms with Crippen molar-refractivity contribution in [3.63, 3.8) is 0 Å². The number of benzene rings is 2. The third kappa shape index (κ3) is 6.07. The van der Waals surface area contributed by atoms with Crippen LogP contribution in [0.15, 0.2) is 53.5 Å². The second-order valence-corrected chi connectivity index (χ2v) is 8.65. The molecule has 0 aromatic heterocycles. The molecular weight excluding hydrogens is 446 g/mol. The Morgan fingerprint density at radius 3 is 2.60 bits per heavy atom. The van der Waals surface area contributed by atoms with Crippen LogP contribution in [0.5, 0.6) is 5.75 Å². The minimum Gasteiger partial charge on any atom is -0.489 e. The number of nitrogens with zero attached hydrogens (tertiary/aromatic N) is 3. The van der Waals surface area contributed by atoms with Crippen molar-refractivity contribution in [3.8, 4) is 5.75 Å². The first-order valence-electron chi connectivity index (χ1n) is 11.8. The molecule has 3 N–H and O–H groups in total. The maximum absolute atomic E-state index is 12.5. The number of para-hydroxylation sites is 1. The van der Waals surface area contributed by atoms with Gasteiger partial charge in [0.1, 0.15) is 5.75 Å². The van der Waals surface area contributed by atoms with Crippen LogP contribution in [0.1, 0.15) is 38.7 Å². The molecule has 0 saturated carbocycles. The van der Waals surface area contributed by atoms with Gasteiger partial charge in [0.25, 0.3) is 0 Å². The van der Waals surface area contributed by atoms with E-state index in [1.54, 1.807) is 12.3 Å². The molecule has 1 unspecified atom stereocenters. The van der Waals surface area contributed by atoms with Crippen molar-refractivity contribution < 1.29 is 19.4 Å². The van der Waals surface area contributed by atoms with Crippen LogP contribution in [0.25, 0.3) is 0 Å². The normalized spacial score (nSPS) is 16.3. The van der Waals surface area contributed by atoms with Gasteiger partial charge < -0.3 is 20.5 Å². The number of nitrogens with one attached hydrogen (secondary N) is 2. The highest BCUT2D eigenvalue weighted by atomic mass is 16.5. The van der Waals surface area contributed by atoms with E-state index in [1.807, 2.05) is 61.2 Å². The second kappa shape index (κ2) is 10.9. The van der Waals surface area contributed by atoms with Gasteiger partial charge in [-0.05, 0) is 56.5 Å². The number of guanidine groups is 1. The molecule has 2 aromatic rings. The first-order chi connectivity index (χ1) is 16.9. The Morgan fingerprint density at radius 2 is 1.91 bits per heavy atom. The second-order valence-electron chi connectivity index (χ2n) is 8.65. The summed E-state index contributed by atoms with van der Waals surface area (Å²) in [5.74, 6) is 0.0957. The number of ether oxygens (including phenoxy) is 1. The smallest absolute Gasteiger partial charge is 0.483 e. The van der Waals surface area contributed by atoms with Gasteiger partial charge in [0.15, 0.2) is 6.21 Å². The molecule has 2 aromatic carbocycles. The van der Waals surface area contributed by atoms with Crippen molar-refractivity contribution in [1.29, 1.82) is 0 Å². The molecule has 0 radical (unpaired) electrons. The molecule has 1 fully saturated rings. The summed E-state index contributed by atoms with van der Waals surface area (Å²) >= 11 is 0. The summed E-state index contributed by atoms with van der Waals surface area (Å²) in [5, 5.41) is 14.9. The molecule has 1 saturated heterocycles. The third-order valence-corrected chi connectivity index (χ3v) is 6.11. The Labute approximate surface area is 204 Å². The van der Waals surface area contributed by atoms with Crippen molar-refractivity contribution in [2.24, 2.45) is 10.9 Å². The number of carboxylic acids is 1. The quantitative estimate of drug-likeness (QED) is 0.528. The number of rotatable bonds is 7. The molecule has 182 valence electrons. The number of aliphatic imine (C=N–C) groups is 1. The van der Waals surface area contributed by atoms with Gasteiger partial charge in [-0.25, -0.2) is 14.4 Å². The lowest BCUT2D eigenvalue weighted by Crippen LogP contribution is -2.40. The number of carbonyl (C=O) groups excluding carboxylic acids is 1. The molecule has 4 rings (SSSR count). The van der Waals surface area contributed by atoms with Crippen LogP contribution in [0.2, 0.25) is 0 Å². The van der Waals surface area contributed by atoms with Gasteiger partial charge in [-0.2, -0.15) is 0 Å². The SMILES string of the molecule is CCC(C)Oc1cc(C2=[N+]=C(N3CCC(C(=O)O)CC3)N=C2)ccc1NC(=O)Nc1ccccc1. The van der Waals surface area contributed by atoms with Crippen molar-refractivity contribution in [2.75, 3.05) is 23.7 Å². The molecule has 2 amide bonds. The number of aliphatic carboxylic acids is 1. The summed E-state index contributed by atoms with van der Waals surface area (Å²) in [6.45, 7) is 5.23. The van der Waals surface area contributed by atoms with E-state index in [0.29, 0.717) is 54.7 Å². The number of carbonyl (C=O) groups is 2. The minimum atomic E-state index is -0.742. The van der Waals surface area contributed by atoms with E-state index in [4.69, 9.17) is 4.74 Å². The molecule has 0 aliphatic carbocycles. The summed E-state index contributed by atoms with van der Waals surface area (Å²) in [6, 6.07) is 14.4. The van der Waals surface area contributed by atoms with Crippen LogP contribution in [0.4, 0.5) is 16.2 Å². The monoisotopic (exact) mass is 476 g/mol. The zero-order chi connectivity index (χ0) is 24.8. The highest BCUT2D eigenvalue weighted by molar-refractivity contribution is 6.41. The zero-order valence-corrected chi connectivity index (χ0v) is 19.9. The Hall–Kier alpha value is -4.10. The molecule has 9 nitrogen and oxygen atoms in total. The molecule has 2 aliphatic rings.